The van der Waals surface area contributed by atoms with Crippen LogP contribution in [-0.2, 0) is 14.9 Å². The minimum atomic E-state index is -0.749. The zero-order chi connectivity index (χ0) is 22.0. The van der Waals surface area contributed by atoms with Crippen LogP contribution in [0.4, 0.5) is 5.13 Å². The van der Waals surface area contributed by atoms with Gasteiger partial charge in [0.1, 0.15) is 6.10 Å². The number of carbonyl (C=O) groups is 1. The van der Waals surface area contributed by atoms with Gasteiger partial charge in [-0.15, -0.1) is 0 Å². The maximum atomic E-state index is 11.1. The molecule has 1 aromatic heterocycles. The second-order valence-electron chi connectivity index (χ2n) is 7.19. The molecule has 2 aliphatic rings. The van der Waals surface area contributed by atoms with E-state index in [-0.39, 0.29) is 12.9 Å². The Balaban J connectivity index is 0.000000149. The molecule has 3 N–H and O–H groups in total. The third kappa shape index (κ3) is 4.32. The number of halogens is 1. The van der Waals surface area contributed by atoms with Crippen molar-refractivity contribution in [2.24, 2.45) is 0 Å². The first-order chi connectivity index (χ1) is 14.9. The number of hydrogen-bond donors (Lipinski definition) is 2. The van der Waals surface area contributed by atoms with Crippen LogP contribution in [0.1, 0.15) is 34.9 Å². The normalized spacial score (nSPS) is 16.2. The SMILES string of the molecule is COC(c1cnc(N)s1)c1ccccc1Cl.O=C(O)C1(c2ccc3c(c2)OCO3)CC1. The number of nitrogens with zero attached hydrogens (tertiary/aromatic N) is 1. The van der Waals surface area contributed by atoms with E-state index in [0.29, 0.717) is 34.5 Å². The average Bonchev–Trinajstić information content (AvgIpc) is 3.27. The van der Waals surface area contributed by atoms with E-state index in [0.717, 1.165) is 16.0 Å². The summed E-state index contributed by atoms with van der Waals surface area (Å²) in [4.78, 5) is 16.1. The Kier molecular flexibility index (Phi) is 6.04. The summed E-state index contributed by atoms with van der Waals surface area (Å²) in [6.45, 7) is 0.221. The summed E-state index contributed by atoms with van der Waals surface area (Å²) in [6.07, 6.45) is 2.94. The summed E-state index contributed by atoms with van der Waals surface area (Å²) in [5.41, 5.74) is 6.69. The van der Waals surface area contributed by atoms with Crippen molar-refractivity contribution >= 4 is 34.0 Å². The van der Waals surface area contributed by atoms with E-state index in [2.05, 4.69) is 4.98 Å². The first kappa shape index (κ1) is 21.4. The maximum absolute atomic E-state index is 11.1. The van der Waals surface area contributed by atoms with Gasteiger partial charge in [0.2, 0.25) is 6.79 Å². The molecule has 2 heterocycles. The van der Waals surface area contributed by atoms with Gasteiger partial charge in [0.25, 0.3) is 0 Å². The van der Waals surface area contributed by atoms with Crippen molar-refractivity contribution < 1.29 is 24.1 Å². The van der Waals surface area contributed by atoms with Gasteiger partial charge in [-0.1, -0.05) is 47.2 Å². The lowest BCUT2D eigenvalue weighted by Crippen LogP contribution is -2.19. The number of anilines is 1. The van der Waals surface area contributed by atoms with Gasteiger partial charge in [-0.05, 0) is 36.6 Å². The fourth-order valence-corrected chi connectivity index (χ4v) is 4.47. The Labute approximate surface area is 188 Å². The molecule has 1 fully saturated rings. The molecule has 0 bridgehead atoms. The Hall–Kier alpha value is -2.81. The van der Waals surface area contributed by atoms with Crippen LogP contribution >= 0.6 is 22.9 Å². The minimum Gasteiger partial charge on any atom is -0.481 e. The lowest BCUT2D eigenvalue weighted by Gasteiger charge is -2.14. The Morgan fingerprint density at radius 2 is 2.00 bits per heavy atom. The molecule has 9 heteroatoms. The zero-order valence-electron chi connectivity index (χ0n) is 16.7. The third-order valence-electron chi connectivity index (χ3n) is 5.31. The van der Waals surface area contributed by atoms with Crippen LogP contribution < -0.4 is 15.2 Å². The number of rotatable bonds is 5. The molecule has 162 valence electrons. The molecule has 0 spiro atoms. The molecular formula is C22H21ClN2O5S. The quantitative estimate of drug-likeness (QED) is 0.571. The largest absolute Gasteiger partial charge is 0.481 e. The van der Waals surface area contributed by atoms with Crippen molar-refractivity contribution in [2.75, 3.05) is 19.6 Å². The fraction of sp³-hybridized carbons (Fsp3) is 0.273. The van der Waals surface area contributed by atoms with Gasteiger partial charge < -0.3 is 25.1 Å². The number of ether oxygens (including phenoxy) is 3. The van der Waals surface area contributed by atoms with E-state index >= 15 is 0 Å². The highest BCUT2D eigenvalue weighted by atomic mass is 35.5. The summed E-state index contributed by atoms with van der Waals surface area (Å²) in [6, 6.07) is 13.0. The van der Waals surface area contributed by atoms with Crippen LogP contribution in [0.25, 0.3) is 0 Å². The van der Waals surface area contributed by atoms with Crippen molar-refractivity contribution in [3.05, 3.63) is 69.7 Å². The van der Waals surface area contributed by atoms with Crippen molar-refractivity contribution in [3.63, 3.8) is 0 Å². The number of nitrogens with two attached hydrogens (primary N) is 1. The molecule has 0 saturated heterocycles. The van der Waals surface area contributed by atoms with Gasteiger partial charge >= 0.3 is 5.97 Å². The van der Waals surface area contributed by atoms with Crippen LogP contribution in [-0.4, -0.2) is 30.0 Å². The summed E-state index contributed by atoms with van der Waals surface area (Å²) in [7, 11) is 1.64. The molecule has 1 aliphatic carbocycles. The maximum Gasteiger partial charge on any atom is 0.314 e. The Morgan fingerprint density at radius 1 is 1.26 bits per heavy atom. The molecule has 1 unspecified atom stereocenters. The predicted molar refractivity (Wildman–Crippen MR) is 118 cm³/mol. The van der Waals surface area contributed by atoms with Crippen molar-refractivity contribution in [1.29, 1.82) is 0 Å². The monoisotopic (exact) mass is 460 g/mol. The number of aromatic nitrogens is 1. The van der Waals surface area contributed by atoms with Crippen LogP contribution in [0.2, 0.25) is 5.02 Å². The highest BCUT2D eigenvalue weighted by molar-refractivity contribution is 7.15. The molecule has 5 rings (SSSR count). The molecule has 1 aliphatic heterocycles. The van der Waals surface area contributed by atoms with Gasteiger partial charge in [-0.3, -0.25) is 4.79 Å². The fourth-order valence-electron chi connectivity index (χ4n) is 3.45. The van der Waals surface area contributed by atoms with E-state index in [1.165, 1.54) is 11.3 Å². The van der Waals surface area contributed by atoms with Crippen LogP contribution in [0.5, 0.6) is 11.5 Å². The predicted octanol–water partition coefficient (Wildman–Crippen LogP) is 4.65. The number of benzene rings is 2. The number of aliphatic carboxylic acids is 1. The van der Waals surface area contributed by atoms with Gasteiger partial charge in [-0.2, -0.15) is 0 Å². The molecule has 1 atom stereocenters. The summed E-state index contributed by atoms with van der Waals surface area (Å²) >= 11 is 7.53. The van der Waals surface area contributed by atoms with Crippen LogP contribution in [0.3, 0.4) is 0 Å². The van der Waals surface area contributed by atoms with E-state index in [1.807, 2.05) is 30.3 Å². The molecule has 0 radical (unpaired) electrons. The number of fused-ring (bicyclic) bond motifs is 1. The number of nitrogen functional groups attached to an aromatic ring is 1. The number of carboxylic acids is 1. The van der Waals surface area contributed by atoms with E-state index in [4.69, 9.17) is 36.7 Å². The topological polar surface area (TPSA) is 104 Å². The van der Waals surface area contributed by atoms with E-state index in [1.54, 1.807) is 25.4 Å². The lowest BCUT2D eigenvalue weighted by molar-refractivity contribution is -0.140. The van der Waals surface area contributed by atoms with Crippen LogP contribution in [0.15, 0.2) is 48.7 Å². The number of thiazole rings is 1. The standard InChI is InChI=1S/C11H11ClN2OS.C11H10O4/c1-15-10(9-6-14-11(13)16-9)7-4-2-3-5-8(7)12;12-10(13)11(3-4-11)7-1-2-8-9(5-7)15-6-14-8/h2-6,10H,1H3,(H2,13,14);1-2,5H,3-4,6H2,(H,12,13). The Bertz CT molecular complexity index is 1100. The smallest absolute Gasteiger partial charge is 0.314 e. The van der Waals surface area contributed by atoms with Gasteiger partial charge in [0.15, 0.2) is 16.6 Å². The highest BCUT2D eigenvalue weighted by Gasteiger charge is 2.52. The summed E-state index contributed by atoms with van der Waals surface area (Å²) < 4.78 is 15.9. The number of carboxylic acid groups (broad SMARTS) is 1. The van der Waals surface area contributed by atoms with Gasteiger partial charge in [0.05, 0.1) is 10.3 Å². The molecule has 0 amide bonds. The van der Waals surface area contributed by atoms with Gasteiger partial charge in [-0.25, -0.2) is 4.98 Å². The van der Waals surface area contributed by atoms with Crippen molar-refractivity contribution in [2.45, 2.75) is 24.4 Å². The number of methoxy groups -OCH3 is 1. The zero-order valence-corrected chi connectivity index (χ0v) is 18.3. The highest BCUT2D eigenvalue weighted by Crippen LogP contribution is 2.50. The second-order valence-corrected chi connectivity index (χ2v) is 8.69. The molecule has 31 heavy (non-hydrogen) atoms. The summed E-state index contributed by atoms with van der Waals surface area (Å²) in [5.74, 6) is 0.598. The van der Waals surface area contributed by atoms with Crippen LogP contribution in [0, 0.1) is 0 Å². The molecule has 7 nitrogen and oxygen atoms in total. The first-order valence-electron chi connectivity index (χ1n) is 9.56. The molecule has 2 aromatic carbocycles. The van der Waals surface area contributed by atoms with E-state index < -0.39 is 11.4 Å². The second kappa shape index (κ2) is 8.74. The first-order valence-corrected chi connectivity index (χ1v) is 10.8. The lowest BCUT2D eigenvalue weighted by atomic mass is 9.96. The molecule has 1 saturated carbocycles. The van der Waals surface area contributed by atoms with Crippen molar-refractivity contribution in [1.82, 2.24) is 4.98 Å². The molecule has 3 aromatic rings. The summed E-state index contributed by atoms with van der Waals surface area (Å²) in [5, 5.41) is 10.3. The van der Waals surface area contributed by atoms with Gasteiger partial charge in [0, 0.05) is 23.9 Å². The minimum absolute atomic E-state index is 0.205. The molecular weight excluding hydrogens is 440 g/mol. The third-order valence-corrected chi connectivity index (χ3v) is 6.52. The average molecular weight is 461 g/mol. The number of hydrogen-bond acceptors (Lipinski definition) is 7. The Morgan fingerprint density at radius 3 is 2.61 bits per heavy atom. The van der Waals surface area contributed by atoms with E-state index in [9.17, 15) is 4.79 Å². The van der Waals surface area contributed by atoms with Crippen molar-refractivity contribution in [3.8, 4) is 11.5 Å².